The van der Waals surface area contributed by atoms with E-state index >= 15 is 0 Å². The average molecular weight is 412 g/mol. The number of fused-ring (bicyclic) bond motifs is 1. The minimum absolute atomic E-state index is 0.00238. The monoisotopic (exact) mass is 412 g/mol. The molecular weight excluding hydrogens is 395 g/mol. The van der Waals surface area contributed by atoms with Crippen LogP contribution < -0.4 is 14.4 Å². The number of sulfonamides is 1. The highest BCUT2D eigenvalue weighted by Gasteiger charge is 2.37. The summed E-state index contributed by atoms with van der Waals surface area (Å²) in [6.07, 6.45) is -1.15. The summed E-state index contributed by atoms with van der Waals surface area (Å²) in [7, 11) is -3.92. The summed E-state index contributed by atoms with van der Waals surface area (Å²) < 4.78 is 47.2. The molecular formula is C21H17FN2O4S. The first-order valence-electron chi connectivity index (χ1n) is 8.86. The van der Waals surface area contributed by atoms with Crippen molar-refractivity contribution < 1.29 is 22.3 Å². The van der Waals surface area contributed by atoms with Crippen LogP contribution in [0.15, 0.2) is 83.8 Å². The van der Waals surface area contributed by atoms with Gasteiger partial charge < -0.3 is 10.1 Å². The van der Waals surface area contributed by atoms with E-state index in [2.05, 4.69) is 5.32 Å². The van der Waals surface area contributed by atoms with Crippen molar-refractivity contribution in [2.45, 2.75) is 11.0 Å². The zero-order valence-electron chi connectivity index (χ0n) is 15.2. The summed E-state index contributed by atoms with van der Waals surface area (Å²) >= 11 is 0. The van der Waals surface area contributed by atoms with Crippen LogP contribution >= 0.6 is 0 Å². The van der Waals surface area contributed by atoms with Crippen molar-refractivity contribution in [2.75, 3.05) is 16.2 Å². The minimum Gasteiger partial charge on any atom is -0.476 e. The van der Waals surface area contributed by atoms with Gasteiger partial charge in [-0.25, -0.2) is 12.8 Å². The van der Waals surface area contributed by atoms with Gasteiger partial charge in [-0.2, -0.15) is 0 Å². The first kappa shape index (κ1) is 18.9. The van der Waals surface area contributed by atoms with Crippen molar-refractivity contribution in [1.82, 2.24) is 0 Å². The predicted molar refractivity (Wildman–Crippen MR) is 107 cm³/mol. The molecule has 0 saturated heterocycles. The van der Waals surface area contributed by atoms with Gasteiger partial charge in [0, 0.05) is 0 Å². The third kappa shape index (κ3) is 3.66. The average Bonchev–Trinajstić information content (AvgIpc) is 2.75. The lowest BCUT2D eigenvalue weighted by Crippen LogP contribution is -2.48. The summed E-state index contributed by atoms with van der Waals surface area (Å²) in [4.78, 5) is 12.8. The summed E-state index contributed by atoms with van der Waals surface area (Å²) in [5.74, 6) is -0.976. The molecule has 0 radical (unpaired) electrons. The van der Waals surface area contributed by atoms with E-state index in [0.717, 1.165) is 4.31 Å². The zero-order valence-corrected chi connectivity index (χ0v) is 16.0. The second-order valence-corrected chi connectivity index (χ2v) is 8.25. The van der Waals surface area contributed by atoms with Crippen molar-refractivity contribution in [3.05, 3.63) is 84.7 Å². The lowest BCUT2D eigenvalue weighted by molar-refractivity contribution is -0.122. The molecule has 0 aliphatic carbocycles. The maximum Gasteiger partial charge on any atom is 0.267 e. The van der Waals surface area contributed by atoms with Crippen molar-refractivity contribution in [2.24, 2.45) is 0 Å². The van der Waals surface area contributed by atoms with Gasteiger partial charge in [-0.15, -0.1) is 0 Å². The summed E-state index contributed by atoms with van der Waals surface area (Å²) in [6, 6.07) is 20.3. The van der Waals surface area contributed by atoms with Gasteiger partial charge >= 0.3 is 0 Å². The maximum absolute atomic E-state index is 13.9. The van der Waals surface area contributed by atoms with Crippen LogP contribution in [-0.2, 0) is 14.8 Å². The number of ether oxygens (including phenoxy) is 1. The number of anilines is 2. The topological polar surface area (TPSA) is 75.7 Å². The molecule has 1 heterocycles. The molecule has 3 aromatic rings. The van der Waals surface area contributed by atoms with Crippen molar-refractivity contribution in [1.29, 1.82) is 0 Å². The Balaban J connectivity index is 1.68. The number of hydrogen-bond donors (Lipinski definition) is 1. The first-order valence-corrected chi connectivity index (χ1v) is 10.3. The number of carbonyl (C=O) groups is 1. The molecule has 8 heteroatoms. The van der Waals surface area contributed by atoms with Crippen LogP contribution in [0, 0.1) is 5.82 Å². The predicted octanol–water partition coefficient (Wildman–Crippen LogP) is 3.42. The van der Waals surface area contributed by atoms with Crippen LogP contribution in [0.4, 0.5) is 15.8 Å². The van der Waals surface area contributed by atoms with Gasteiger partial charge in [0.05, 0.1) is 22.8 Å². The fraction of sp³-hybridized carbons (Fsp3) is 0.0952. The Labute approximate surface area is 167 Å². The third-order valence-corrected chi connectivity index (χ3v) is 6.28. The Morgan fingerprint density at radius 3 is 2.38 bits per heavy atom. The number of amides is 1. The highest BCUT2D eigenvalue weighted by Crippen LogP contribution is 2.37. The molecule has 0 spiro atoms. The van der Waals surface area contributed by atoms with Crippen molar-refractivity contribution in [3.8, 4) is 5.75 Å². The van der Waals surface area contributed by atoms with E-state index in [1.807, 2.05) is 0 Å². The van der Waals surface area contributed by atoms with Gasteiger partial charge in [0.2, 0.25) is 0 Å². The molecule has 0 fully saturated rings. The number of rotatable bonds is 4. The van der Waals surface area contributed by atoms with E-state index in [1.165, 1.54) is 30.3 Å². The van der Waals surface area contributed by atoms with Gasteiger partial charge in [0.25, 0.3) is 15.9 Å². The summed E-state index contributed by atoms with van der Waals surface area (Å²) in [6.45, 7) is -0.242. The number of para-hydroxylation sites is 3. The largest absolute Gasteiger partial charge is 0.476 e. The molecule has 6 nitrogen and oxygen atoms in total. The third-order valence-electron chi connectivity index (χ3n) is 4.49. The highest BCUT2D eigenvalue weighted by atomic mass is 32.2. The van der Waals surface area contributed by atoms with Crippen LogP contribution in [0.3, 0.4) is 0 Å². The van der Waals surface area contributed by atoms with Crippen molar-refractivity contribution >= 4 is 27.3 Å². The van der Waals surface area contributed by atoms with E-state index in [4.69, 9.17) is 4.74 Å². The van der Waals surface area contributed by atoms with Crippen molar-refractivity contribution in [3.63, 3.8) is 0 Å². The molecule has 0 bridgehead atoms. The van der Waals surface area contributed by atoms with E-state index in [9.17, 15) is 17.6 Å². The van der Waals surface area contributed by atoms with Crippen LogP contribution in [0.2, 0.25) is 0 Å². The first-order chi connectivity index (χ1) is 14.0. The molecule has 1 aliphatic heterocycles. The Morgan fingerprint density at radius 2 is 1.62 bits per heavy atom. The Kier molecular flexibility index (Phi) is 4.94. The molecule has 0 saturated carbocycles. The Morgan fingerprint density at radius 1 is 0.966 bits per heavy atom. The molecule has 4 rings (SSSR count). The second kappa shape index (κ2) is 7.56. The Bertz CT molecular complexity index is 1150. The molecule has 1 N–H and O–H groups in total. The van der Waals surface area contributed by atoms with Crippen LogP contribution in [-0.4, -0.2) is 27.0 Å². The number of benzene rings is 3. The molecule has 1 atom stereocenters. The van der Waals surface area contributed by atoms with E-state index in [-0.39, 0.29) is 22.9 Å². The molecule has 148 valence electrons. The van der Waals surface area contributed by atoms with Gasteiger partial charge in [-0.3, -0.25) is 9.10 Å². The van der Waals surface area contributed by atoms with Crippen LogP contribution in [0.5, 0.6) is 5.75 Å². The van der Waals surface area contributed by atoms with E-state index < -0.39 is 27.9 Å². The minimum atomic E-state index is -3.92. The van der Waals surface area contributed by atoms with Crippen LogP contribution in [0.1, 0.15) is 0 Å². The number of hydrogen-bond acceptors (Lipinski definition) is 4. The fourth-order valence-electron chi connectivity index (χ4n) is 3.06. The van der Waals surface area contributed by atoms with Gasteiger partial charge in [0.15, 0.2) is 6.10 Å². The molecule has 29 heavy (non-hydrogen) atoms. The van der Waals surface area contributed by atoms with Gasteiger partial charge in [-0.05, 0) is 36.4 Å². The molecule has 0 aromatic heterocycles. The second-order valence-electron chi connectivity index (χ2n) is 6.39. The standard InChI is InChI=1S/C21H17FN2O4S/c22-16-10-4-5-11-17(16)23-21(25)20-14-24(18-12-6-7-13-19(18)28-20)29(26,27)15-8-2-1-3-9-15/h1-13,20H,14H2,(H,23,25)/t20-/m1/s1. The fourth-order valence-corrected chi connectivity index (χ4v) is 4.56. The molecule has 0 unspecified atom stereocenters. The summed E-state index contributed by atoms with van der Waals surface area (Å²) in [5, 5.41) is 2.46. The zero-order chi connectivity index (χ0) is 20.4. The Hall–Kier alpha value is -3.39. The quantitative estimate of drug-likeness (QED) is 0.713. The SMILES string of the molecule is O=C(Nc1ccccc1F)[C@H]1CN(S(=O)(=O)c2ccccc2)c2ccccc2O1. The van der Waals surface area contributed by atoms with Crippen LogP contribution in [0.25, 0.3) is 0 Å². The number of halogens is 1. The summed E-state index contributed by atoms with van der Waals surface area (Å²) in [5.41, 5.74) is 0.337. The lowest BCUT2D eigenvalue weighted by atomic mass is 10.2. The van der Waals surface area contributed by atoms with Gasteiger partial charge in [0.1, 0.15) is 11.6 Å². The molecule has 3 aromatic carbocycles. The van der Waals surface area contributed by atoms with E-state index in [0.29, 0.717) is 5.69 Å². The number of nitrogens with one attached hydrogen (secondary N) is 1. The molecule has 1 amide bonds. The number of carbonyl (C=O) groups excluding carboxylic acids is 1. The smallest absolute Gasteiger partial charge is 0.267 e. The number of nitrogens with zero attached hydrogens (tertiary/aromatic N) is 1. The maximum atomic E-state index is 13.9. The highest BCUT2D eigenvalue weighted by molar-refractivity contribution is 7.92. The lowest BCUT2D eigenvalue weighted by Gasteiger charge is -2.34. The van der Waals surface area contributed by atoms with Gasteiger partial charge in [-0.1, -0.05) is 42.5 Å². The van der Waals surface area contributed by atoms with E-state index in [1.54, 1.807) is 48.5 Å². The normalized spacial score (nSPS) is 15.9. The molecule has 1 aliphatic rings.